The Morgan fingerprint density at radius 2 is 1.56 bits per heavy atom. The number of rotatable bonds is 0. The molecule has 18 heavy (non-hydrogen) atoms. The minimum Gasteiger partial charge on any atom is -0.291 e. The molecule has 0 bridgehead atoms. The van der Waals surface area contributed by atoms with Crippen LogP contribution in [0.25, 0.3) is 0 Å². The Morgan fingerprint density at radius 1 is 0.833 bits per heavy atom. The molecule has 0 aromatic heterocycles. The summed E-state index contributed by atoms with van der Waals surface area (Å²) in [5.41, 5.74) is 6.17. The van der Waals surface area contributed by atoms with Crippen LogP contribution in [0, 0.1) is 0 Å². The Balaban J connectivity index is 1.79. The van der Waals surface area contributed by atoms with E-state index in [1.165, 1.54) is 30.5 Å². The first-order valence-corrected chi connectivity index (χ1v) is 6.80. The van der Waals surface area contributed by atoms with Crippen LogP contribution in [0.3, 0.4) is 0 Å². The van der Waals surface area contributed by atoms with Crippen LogP contribution in [0.15, 0.2) is 48.5 Å². The fraction of sp³-hybridized carbons (Fsp3) is 0.294. The van der Waals surface area contributed by atoms with Crippen LogP contribution < -0.4 is 0 Å². The van der Waals surface area contributed by atoms with E-state index in [0.717, 1.165) is 6.54 Å². The molecule has 2 aromatic carbocycles. The smallest absolute Gasteiger partial charge is 0.0394 e. The molecular formula is C17H17N. The summed E-state index contributed by atoms with van der Waals surface area (Å²) in [6, 6.07) is 18.5. The molecule has 2 aliphatic heterocycles. The van der Waals surface area contributed by atoms with E-state index in [1.807, 2.05) is 0 Å². The topological polar surface area (TPSA) is 3.24 Å². The molecule has 4 rings (SSSR count). The Labute approximate surface area is 108 Å². The molecule has 0 radical (unpaired) electrons. The minimum absolute atomic E-state index is 0.602. The predicted molar refractivity (Wildman–Crippen MR) is 73.4 cm³/mol. The van der Waals surface area contributed by atoms with Gasteiger partial charge in [0.25, 0.3) is 0 Å². The maximum atomic E-state index is 2.64. The maximum Gasteiger partial charge on any atom is 0.0394 e. The van der Waals surface area contributed by atoms with Gasteiger partial charge in [-0.15, -0.1) is 0 Å². The van der Waals surface area contributed by atoms with Gasteiger partial charge in [0.15, 0.2) is 0 Å². The number of hydrogen-bond donors (Lipinski definition) is 0. The van der Waals surface area contributed by atoms with Crippen molar-refractivity contribution < 1.29 is 0 Å². The first kappa shape index (κ1) is 10.3. The highest BCUT2D eigenvalue weighted by Crippen LogP contribution is 2.37. The third-order valence-corrected chi connectivity index (χ3v) is 4.43. The van der Waals surface area contributed by atoms with Crippen LogP contribution in [-0.4, -0.2) is 11.4 Å². The number of nitrogens with zero attached hydrogens (tertiary/aromatic N) is 1. The van der Waals surface area contributed by atoms with Gasteiger partial charge in [0, 0.05) is 19.1 Å². The summed E-state index contributed by atoms with van der Waals surface area (Å²) in [6.07, 6.45) is 2.38. The average molecular weight is 235 g/mol. The lowest BCUT2D eigenvalue weighted by Gasteiger charge is -2.41. The SMILES string of the molecule is c1ccc2c(c1)C[C@H]1c3ccccc3CCN1C2. The Morgan fingerprint density at radius 3 is 2.44 bits per heavy atom. The molecule has 0 saturated heterocycles. The molecule has 90 valence electrons. The molecule has 1 nitrogen and oxygen atoms in total. The highest BCUT2D eigenvalue weighted by molar-refractivity contribution is 5.38. The molecule has 2 heterocycles. The van der Waals surface area contributed by atoms with Gasteiger partial charge in [-0.05, 0) is 35.1 Å². The van der Waals surface area contributed by atoms with Gasteiger partial charge in [-0.1, -0.05) is 48.5 Å². The largest absolute Gasteiger partial charge is 0.291 e. The highest BCUT2D eigenvalue weighted by Gasteiger charge is 2.31. The second-order valence-corrected chi connectivity index (χ2v) is 5.41. The van der Waals surface area contributed by atoms with Gasteiger partial charge in [0.05, 0.1) is 0 Å². The molecule has 0 N–H and O–H groups in total. The third kappa shape index (κ3) is 1.51. The van der Waals surface area contributed by atoms with E-state index >= 15 is 0 Å². The molecule has 0 saturated carbocycles. The normalized spacial score (nSPS) is 21.9. The van der Waals surface area contributed by atoms with Crippen molar-refractivity contribution in [2.45, 2.75) is 25.4 Å². The molecule has 0 amide bonds. The molecule has 0 spiro atoms. The zero-order valence-corrected chi connectivity index (χ0v) is 10.5. The van der Waals surface area contributed by atoms with Crippen LogP contribution in [0.4, 0.5) is 0 Å². The van der Waals surface area contributed by atoms with E-state index in [0.29, 0.717) is 6.04 Å². The monoisotopic (exact) mass is 235 g/mol. The van der Waals surface area contributed by atoms with Gasteiger partial charge in [0.1, 0.15) is 0 Å². The van der Waals surface area contributed by atoms with Crippen molar-refractivity contribution in [3.63, 3.8) is 0 Å². The zero-order valence-electron chi connectivity index (χ0n) is 10.5. The summed E-state index contributed by atoms with van der Waals surface area (Å²) in [5, 5.41) is 0. The van der Waals surface area contributed by atoms with Crippen LogP contribution >= 0.6 is 0 Å². The predicted octanol–water partition coefficient (Wildman–Crippen LogP) is 3.34. The van der Waals surface area contributed by atoms with Crippen molar-refractivity contribution in [3.05, 3.63) is 70.8 Å². The second-order valence-electron chi connectivity index (χ2n) is 5.41. The van der Waals surface area contributed by atoms with E-state index in [-0.39, 0.29) is 0 Å². The van der Waals surface area contributed by atoms with Crippen molar-refractivity contribution in [1.82, 2.24) is 4.90 Å². The quantitative estimate of drug-likeness (QED) is 0.677. The summed E-state index contributed by atoms with van der Waals surface area (Å²) >= 11 is 0. The zero-order chi connectivity index (χ0) is 11.9. The van der Waals surface area contributed by atoms with Gasteiger partial charge in [0.2, 0.25) is 0 Å². The van der Waals surface area contributed by atoms with Gasteiger partial charge >= 0.3 is 0 Å². The molecule has 0 fully saturated rings. The summed E-state index contributed by atoms with van der Waals surface area (Å²) in [4.78, 5) is 2.64. The van der Waals surface area contributed by atoms with E-state index in [2.05, 4.69) is 53.4 Å². The number of fused-ring (bicyclic) bond motifs is 4. The molecule has 1 heteroatoms. The average Bonchev–Trinajstić information content (AvgIpc) is 2.45. The first-order valence-electron chi connectivity index (χ1n) is 6.80. The first-order chi connectivity index (χ1) is 8.92. The summed E-state index contributed by atoms with van der Waals surface area (Å²) in [5.74, 6) is 0. The van der Waals surface area contributed by atoms with Crippen molar-refractivity contribution in [1.29, 1.82) is 0 Å². The molecule has 0 unspecified atom stereocenters. The van der Waals surface area contributed by atoms with E-state index in [9.17, 15) is 0 Å². The van der Waals surface area contributed by atoms with Gasteiger partial charge < -0.3 is 0 Å². The molecule has 1 atom stereocenters. The van der Waals surface area contributed by atoms with Crippen LogP contribution in [0.5, 0.6) is 0 Å². The maximum absolute atomic E-state index is 2.64. The van der Waals surface area contributed by atoms with Crippen molar-refractivity contribution >= 4 is 0 Å². The number of hydrogen-bond acceptors (Lipinski definition) is 1. The van der Waals surface area contributed by atoms with Gasteiger partial charge in [-0.3, -0.25) is 4.90 Å². The van der Waals surface area contributed by atoms with E-state index in [1.54, 1.807) is 11.1 Å². The number of benzene rings is 2. The van der Waals surface area contributed by atoms with Crippen LogP contribution in [0.2, 0.25) is 0 Å². The lowest BCUT2D eigenvalue weighted by Crippen LogP contribution is -2.39. The Kier molecular flexibility index (Phi) is 2.27. The summed E-state index contributed by atoms with van der Waals surface area (Å²) in [7, 11) is 0. The fourth-order valence-electron chi connectivity index (χ4n) is 3.47. The third-order valence-electron chi connectivity index (χ3n) is 4.43. The van der Waals surface area contributed by atoms with Crippen molar-refractivity contribution in [2.24, 2.45) is 0 Å². The van der Waals surface area contributed by atoms with E-state index < -0.39 is 0 Å². The lowest BCUT2D eigenvalue weighted by molar-refractivity contribution is 0.161. The highest BCUT2D eigenvalue weighted by atomic mass is 15.2. The molecule has 0 aliphatic carbocycles. The van der Waals surface area contributed by atoms with Gasteiger partial charge in [-0.25, -0.2) is 0 Å². The summed E-state index contributed by atoms with van der Waals surface area (Å²) in [6.45, 7) is 2.32. The minimum atomic E-state index is 0.602. The molecule has 2 aromatic rings. The fourth-order valence-corrected chi connectivity index (χ4v) is 3.47. The van der Waals surface area contributed by atoms with Crippen LogP contribution in [-0.2, 0) is 19.4 Å². The summed E-state index contributed by atoms with van der Waals surface area (Å²) < 4.78 is 0. The molecular weight excluding hydrogens is 218 g/mol. The van der Waals surface area contributed by atoms with Crippen LogP contribution in [0.1, 0.15) is 28.3 Å². The standard InChI is InChI=1S/C17H17N/c1-2-7-15-12-18-10-9-13-5-3-4-8-16(13)17(18)11-14(15)6-1/h1-8,17H,9-12H2/t17-/m0/s1. The van der Waals surface area contributed by atoms with Crippen molar-refractivity contribution in [3.8, 4) is 0 Å². The molecule has 2 aliphatic rings. The Hall–Kier alpha value is -1.60. The lowest BCUT2D eigenvalue weighted by atomic mass is 9.84. The second kappa shape index (κ2) is 3.96. The van der Waals surface area contributed by atoms with Crippen molar-refractivity contribution in [2.75, 3.05) is 6.54 Å². The van der Waals surface area contributed by atoms with E-state index in [4.69, 9.17) is 0 Å². The Bertz CT molecular complexity index is 588. The van der Waals surface area contributed by atoms with Gasteiger partial charge in [-0.2, -0.15) is 0 Å².